The van der Waals surface area contributed by atoms with Gasteiger partial charge in [-0.15, -0.1) is 10.2 Å². The average Bonchev–Trinajstić information content (AvgIpc) is 3.29. The van der Waals surface area contributed by atoms with Gasteiger partial charge in [-0.2, -0.15) is 0 Å². The molecule has 7 nitrogen and oxygen atoms in total. The Kier molecular flexibility index (Phi) is 5.06. The highest BCUT2D eigenvalue weighted by Gasteiger charge is 2.37. The summed E-state index contributed by atoms with van der Waals surface area (Å²) in [5.41, 5.74) is 4.36. The fourth-order valence-corrected chi connectivity index (χ4v) is 4.48. The van der Waals surface area contributed by atoms with Gasteiger partial charge < -0.3 is 15.5 Å². The molecule has 1 aromatic carbocycles. The van der Waals surface area contributed by atoms with Crippen LogP contribution in [-0.4, -0.2) is 45.3 Å². The lowest BCUT2D eigenvalue weighted by Crippen LogP contribution is -2.45. The first-order valence-corrected chi connectivity index (χ1v) is 9.87. The average molecular weight is 394 g/mol. The first kappa shape index (κ1) is 17.6. The van der Waals surface area contributed by atoms with E-state index in [4.69, 9.17) is 16.3 Å². The number of aryl methyl sites for hydroxylation is 1. The molecule has 1 fully saturated rings. The number of carbonyl (C=O) groups excluding carboxylic acids is 1. The molecule has 3 heterocycles. The molecule has 0 aliphatic carbocycles. The van der Waals surface area contributed by atoms with Gasteiger partial charge in [0.1, 0.15) is 11.1 Å². The fraction of sp³-hybridized carbons (Fsp3) is 0.471. The summed E-state index contributed by atoms with van der Waals surface area (Å²) in [7, 11) is 0. The molecular weight excluding hydrogens is 374 g/mol. The van der Waals surface area contributed by atoms with Crippen LogP contribution in [0.4, 0.5) is 0 Å². The minimum atomic E-state index is -0.367. The highest BCUT2D eigenvalue weighted by atomic mass is 35.5. The topological polar surface area (TPSA) is 81.1 Å². The number of hydrogen-bond donors (Lipinski definition) is 2. The van der Waals surface area contributed by atoms with Crippen LogP contribution < -0.4 is 10.7 Å². The van der Waals surface area contributed by atoms with Gasteiger partial charge >= 0.3 is 0 Å². The lowest BCUT2D eigenvalue weighted by Gasteiger charge is -2.33. The fourth-order valence-electron chi connectivity index (χ4n) is 3.20. The molecule has 0 bridgehead atoms. The number of aromatic nitrogens is 3. The number of hydrogen-bond acceptors (Lipinski definition) is 6. The van der Waals surface area contributed by atoms with Gasteiger partial charge in [-0.25, -0.2) is 4.68 Å². The number of thioether (sulfide) groups is 1. The molecule has 2 aliphatic rings. The molecule has 2 N–H and O–H groups in total. The molecule has 0 saturated carbocycles. The van der Waals surface area contributed by atoms with Crippen molar-refractivity contribution in [1.29, 1.82) is 0 Å². The van der Waals surface area contributed by atoms with E-state index in [1.165, 1.54) is 11.8 Å². The van der Waals surface area contributed by atoms with E-state index < -0.39 is 0 Å². The molecule has 2 aliphatic heterocycles. The number of amides is 1. The van der Waals surface area contributed by atoms with Crippen LogP contribution in [0.2, 0.25) is 5.02 Å². The molecule has 3 unspecified atom stereocenters. The van der Waals surface area contributed by atoms with Crippen molar-refractivity contribution >= 4 is 29.3 Å². The molecule has 0 spiro atoms. The summed E-state index contributed by atoms with van der Waals surface area (Å²) in [6, 6.07) is 7.32. The monoisotopic (exact) mass is 393 g/mol. The molecule has 3 atom stereocenters. The smallest absolute Gasteiger partial charge is 0.236 e. The maximum atomic E-state index is 12.9. The second kappa shape index (κ2) is 7.46. The summed E-state index contributed by atoms with van der Waals surface area (Å²) < 4.78 is 7.42. The maximum Gasteiger partial charge on any atom is 0.236 e. The molecule has 9 heteroatoms. The predicted molar refractivity (Wildman–Crippen MR) is 99.9 cm³/mol. The van der Waals surface area contributed by atoms with Gasteiger partial charge in [0.05, 0.1) is 12.1 Å². The number of carbonyl (C=O) groups is 1. The van der Waals surface area contributed by atoms with E-state index in [-0.39, 0.29) is 23.3 Å². The Hall–Kier alpha value is -1.77. The number of rotatable bonds is 4. The van der Waals surface area contributed by atoms with E-state index in [0.29, 0.717) is 16.7 Å². The molecule has 0 radical (unpaired) electrons. The van der Waals surface area contributed by atoms with Crippen LogP contribution in [0.25, 0.3) is 0 Å². The zero-order valence-corrected chi connectivity index (χ0v) is 15.9. The van der Waals surface area contributed by atoms with Crippen molar-refractivity contribution in [2.75, 3.05) is 18.6 Å². The maximum absolute atomic E-state index is 12.9. The Morgan fingerprint density at radius 1 is 1.42 bits per heavy atom. The zero-order valence-electron chi connectivity index (χ0n) is 14.3. The highest BCUT2D eigenvalue weighted by Crippen LogP contribution is 2.37. The first-order chi connectivity index (χ1) is 12.6. The standard InChI is InChI=1S/C17H20ClN5O2S/c1-10-20-21-17-23(10)22-14(11-4-6-12(18)7-5-11)15(26-17)16(24)19-9-13-3-2-8-25-13/h4-7,13-15,22H,2-3,8-9H2,1H3,(H,19,24). The normalized spacial score (nSPS) is 24.8. The molecule has 4 rings (SSSR count). The van der Waals surface area contributed by atoms with Gasteiger partial charge in [-0.1, -0.05) is 35.5 Å². The van der Waals surface area contributed by atoms with Crippen LogP contribution in [0, 0.1) is 6.92 Å². The summed E-state index contributed by atoms with van der Waals surface area (Å²) in [4.78, 5) is 12.9. The Bertz CT molecular complexity index is 791. The number of ether oxygens (including phenoxy) is 1. The third-order valence-corrected chi connectivity index (χ3v) is 6.08. The van der Waals surface area contributed by atoms with Gasteiger partial charge in [-0.3, -0.25) is 4.79 Å². The van der Waals surface area contributed by atoms with Crippen molar-refractivity contribution in [3.8, 4) is 0 Å². The molecule has 138 valence electrons. The number of nitrogens with one attached hydrogen (secondary N) is 2. The predicted octanol–water partition coefficient (Wildman–Crippen LogP) is 2.29. The molecule has 1 amide bonds. The summed E-state index contributed by atoms with van der Waals surface area (Å²) in [5, 5.41) is 12.3. The van der Waals surface area contributed by atoms with Gasteiger partial charge in [0.25, 0.3) is 0 Å². The molecule has 2 aromatic rings. The number of halogens is 1. The minimum absolute atomic E-state index is 0.0372. The van der Waals surface area contributed by atoms with Crippen molar-refractivity contribution in [3.63, 3.8) is 0 Å². The number of fused-ring (bicyclic) bond motifs is 1. The lowest BCUT2D eigenvalue weighted by molar-refractivity contribution is -0.121. The molecule has 26 heavy (non-hydrogen) atoms. The van der Waals surface area contributed by atoms with Gasteiger partial charge in [0.15, 0.2) is 0 Å². The number of benzene rings is 1. The van der Waals surface area contributed by atoms with E-state index in [1.54, 1.807) is 0 Å². The minimum Gasteiger partial charge on any atom is -0.376 e. The Morgan fingerprint density at radius 2 is 2.23 bits per heavy atom. The summed E-state index contributed by atoms with van der Waals surface area (Å²) in [6.45, 7) is 3.19. The van der Waals surface area contributed by atoms with E-state index >= 15 is 0 Å². The Labute approximate surface area is 160 Å². The second-order valence-electron chi connectivity index (χ2n) is 6.44. The van der Waals surface area contributed by atoms with Crippen LogP contribution in [-0.2, 0) is 9.53 Å². The van der Waals surface area contributed by atoms with E-state index in [1.807, 2.05) is 35.9 Å². The first-order valence-electron chi connectivity index (χ1n) is 8.62. The third-order valence-electron chi connectivity index (χ3n) is 4.61. The van der Waals surface area contributed by atoms with E-state index in [9.17, 15) is 4.79 Å². The van der Waals surface area contributed by atoms with E-state index in [0.717, 1.165) is 30.8 Å². The van der Waals surface area contributed by atoms with Gasteiger partial charge in [-0.05, 0) is 37.5 Å². The molecule has 1 saturated heterocycles. The lowest BCUT2D eigenvalue weighted by atomic mass is 10.0. The largest absolute Gasteiger partial charge is 0.376 e. The van der Waals surface area contributed by atoms with Crippen molar-refractivity contribution < 1.29 is 9.53 Å². The zero-order chi connectivity index (χ0) is 18.1. The van der Waals surface area contributed by atoms with Crippen LogP contribution >= 0.6 is 23.4 Å². The van der Waals surface area contributed by atoms with E-state index in [2.05, 4.69) is 20.9 Å². The van der Waals surface area contributed by atoms with Crippen molar-refractivity contribution in [2.24, 2.45) is 0 Å². The molecule has 1 aromatic heterocycles. The van der Waals surface area contributed by atoms with Crippen molar-refractivity contribution in [1.82, 2.24) is 20.2 Å². The van der Waals surface area contributed by atoms with Crippen molar-refractivity contribution in [3.05, 3.63) is 40.7 Å². The second-order valence-corrected chi connectivity index (χ2v) is 7.99. The molecular formula is C17H20ClN5O2S. The summed E-state index contributed by atoms with van der Waals surface area (Å²) in [5.74, 6) is 0.717. The van der Waals surface area contributed by atoms with Crippen LogP contribution in [0.3, 0.4) is 0 Å². The van der Waals surface area contributed by atoms with Crippen LogP contribution in [0.15, 0.2) is 29.4 Å². The van der Waals surface area contributed by atoms with Crippen molar-refractivity contribution in [2.45, 2.75) is 42.3 Å². The summed E-state index contributed by atoms with van der Waals surface area (Å²) >= 11 is 7.43. The Balaban J connectivity index is 1.56. The quantitative estimate of drug-likeness (QED) is 0.829. The van der Waals surface area contributed by atoms with Gasteiger partial charge in [0, 0.05) is 18.2 Å². The van der Waals surface area contributed by atoms with Crippen LogP contribution in [0.1, 0.15) is 30.3 Å². The highest BCUT2D eigenvalue weighted by molar-refractivity contribution is 8.00. The van der Waals surface area contributed by atoms with Crippen LogP contribution in [0.5, 0.6) is 0 Å². The Morgan fingerprint density at radius 3 is 2.96 bits per heavy atom. The third kappa shape index (κ3) is 3.54. The summed E-state index contributed by atoms with van der Waals surface area (Å²) in [6.07, 6.45) is 2.15. The number of nitrogens with zero attached hydrogens (tertiary/aromatic N) is 3. The van der Waals surface area contributed by atoms with Gasteiger partial charge in [0.2, 0.25) is 11.1 Å². The SMILES string of the molecule is Cc1nnc2n1NC(c1ccc(Cl)cc1)C(C(=O)NCC1CCCO1)S2.